The fourth-order valence-electron chi connectivity index (χ4n) is 1.78. The molecule has 0 saturated heterocycles. The van der Waals surface area contributed by atoms with Crippen LogP contribution in [-0.2, 0) is 6.54 Å². The normalized spacial score (nSPS) is 11.7. The predicted octanol–water partition coefficient (Wildman–Crippen LogP) is 4.64. The van der Waals surface area contributed by atoms with Gasteiger partial charge >= 0.3 is 0 Å². The van der Waals surface area contributed by atoms with E-state index in [4.69, 9.17) is 9.84 Å². The minimum absolute atomic E-state index is 0.0980. The molecule has 0 radical (unpaired) electrons. The van der Waals surface area contributed by atoms with E-state index in [0.717, 1.165) is 40.5 Å². The fourth-order valence-corrected chi connectivity index (χ4v) is 3.29. The lowest BCUT2D eigenvalue weighted by Crippen LogP contribution is -2.35. The summed E-state index contributed by atoms with van der Waals surface area (Å²) in [5, 5.41) is 12.2. The minimum Gasteiger partial charge on any atom is -0.491 e. The molecule has 0 amide bonds. The predicted molar refractivity (Wildman–Crippen MR) is 94.9 cm³/mol. The number of hydrogen-bond acceptors (Lipinski definition) is 3. The third-order valence-electron chi connectivity index (χ3n) is 2.93. The van der Waals surface area contributed by atoms with Gasteiger partial charge in [-0.1, -0.05) is 0 Å². The molecule has 1 aromatic rings. The van der Waals surface area contributed by atoms with Gasteiger partial charge in [0.2, 0.25) is 0 Å². The van der Waals surface area contributed by atoms with Crippen molar-refractivity contribution in [3.05, 3.63) is 26.6 Å². The molecule has 5 heteroatoms. The Morgan fingerprint density at radius 2 is 1.71 bits per heavy atom. The Labute approximate surface area is 144 Å². The minimum atomic E-state index is 0.0980. The summed E-state index contributed by atoms with van der Waals surface area (Å²) in [5.41, 5.74) is 1.30. The van der Waals surface area contributed by atoms with Crippen molar-refractivity contribution in [2.45, 2.75) is 52.1 Å². The number of benzene rings is 1. The maximum absolute atomic E-state index is 8.75. The molecule has 0 fully saturated rings. The molecule has 120 valence electrons. The summed E-state index contributed by atoms with van der Waals surface area (Å²) in [5.74, 6) is 0.846. The molecular formula is C16H25Br2NO2. The van der Waals surface area contributed by atoms with E-state index in [9.17, 15) is 0 Å². The van der Waals surface area contributed by atoms with Crippen molar-refractivity contribution in [2.24, 2.45) is 0 Å². The number of hydrogen-bond donors (Lipinski definition) is 2. The Hall–Kier alpha value is -0.100. The van der Waals surface area contributed by atoms with Crippen LogP contribution in [0.4, 0.5) is 0 Å². The number of rotatable bonds is 8. The maximum Gasteiger partial charge on any atom is 0.147 e. The van der Waals surface area contributed by atoms with Gasteiger partial charge in [0.25, 0.3) is 0 Å². The van der Waals surface area contributed by atoms with Crippen LogP contribution in [0.2, 0.25) is 0 Å². The molecule has 0 aromatic heterocycles. The van der Waals surface area contributed by atoms with Crippen molar-refractivity contribution < 1.29 is 9.84 Å². The number of aliphatic hydroxyl groups excluding tert-OH is 1. The molecule has 0 aliphatic rings. The van der Waals surface area contributed by atoms with Gasteiger partial charge in [0.1, 0.15) is 5.75 Å². The van der Waals surface area contributed by atoms with Gasteiger partial charge in [-0.25, -0.2) is 0 Å². The molecule has 0 bridgehead atoms. The number of halogens is 2. The molecule has 0 atom stereocenters. The maximum atomic E-state index is 8.75. The largest absolute Gasteiger partial charge is 0.491 e. The van der Waals surface area contributed by atoms with Crippen molar-refractivity contribution in [1.29, 1.82) is 0 Å². The summed E-state index contributed by atoms with van der Waals surface area (Å²) >= 11 is 7.16. The Morgan fingerprint density at radius 1 is 1.10 bits per heavy atom. The van der Waals surface area contributed by atoms with Gasteiger partial charge in [-0.05, 0) is 89.6 Å². The Kier molecular flexibility index (Phi) is 8.24. The average molecular weight is 423 g/mol. The van der Waals surface area contributed by atoms with E-state index < -0.39 is 0 Å². The van der Waals surface area contributed by atoms with Crippen LogP contribution >= 0.6 is 31.9 Å². The van der Waals surface area contributed by atoms with Gasteiger partial charge in [0, 0.05) is 18.7 Å². The van der Waals surface area contributed by atoms with Crippen LogP contribution in [0.1, 0.15) is 45.6 Å². The van der Waals surface area contributed by atoms with Crippen LogP contribution in [-0.4, -0.2) is 23.9 Å². The molecule has 1 rings (SSSR count). The lowest BCUT2D eigenvalue weighted by atomic mass is 10.1. The van der Waals surface area contributed by atoms with Crippen LogP contribution in [0, 0.1) is 0 Å². The quantitative estimate of drug-likeness (QED) is 0.599. The monoisotopic (exact) mass is 421 g/mol. The first-order valence-corrected chi connectivity index (χ1v) is 8.88. The highest BCUT2D eigenvalue weighted by Gasteiger charge is 2.12. The van der Waals surface area contributed by atoms with Crippen molar-refractivity contribution >= 4 is 31.9 Å². The fraction of sp³-hybridized carbons (Fsp3) is 0.625. The number of nitrogens with one attached hydrogen (secondary N) is 1. The molecule has 21 heavy (non-hydrogen) atoms. The molecule has 0 unspecified atom stereocenters. The van der Waals surface area contributed by atoms with E-state index in [0.29, 0.717) is 6.61 Å². The van der Waals surface area contributed by atoms with Crippen molar-refractivity contribution in [2.75, 3.05) is 13.2 Å². The van der Waals surface area contributed by atoms with E-state index >= 15 is 0 Å². The van der Waals surface area contributed by atoms with Crippen LogP contribution in [0.15, 0.2) is 21.1 Å². The topological polar surface area (TPSA) is 41.5 Å². The standard InChI is InChI=1S/C16H25Br2NO2/c1-16(2,3)19-11-12-9-13(17)15(14(18)10-12)21-8-6-4-5-7-20/h9-10,19-20H,4-8,11H2,1-3H3. The second-order valence-corrected chi connectivity index (χ2v) is 7.83. The smallest absolute Gasteiger partial charge is 0.147 e. The van der Waals surface area contributed by atoms with Crippen molar-refractivity contribution in [3.63, 3.8) is 0 Å². The molecule has 0 spiro atoms. The van der Waals surface area contributed by atoms with E-state index in [2.05, 4.69) is 70.1 Å². The number of ether oxygens (including phenoxy) is 1. The first kappa shape index (κ1) is 18.9. The SMILES string of the molecule is CC(C)(C)NCc1cc(Br)c(OCCCCCO)c(Br)c1. The Balaban J connectivity index is 2.58. The van der Waals surface area contributed by atoms with E-state index in [1.165, 1.54) is 5.56 Å². The van der Waals surface area contributed by atoms with Gasteiger partial charge in [0.15, 0.2) is 0 Å². The van der Waals surface area contributed by atoms with Crippen LogP contribution in [0.5, 0.6) is 5.75 Å². The summed E-state index contributed by atoms with van der Waals surface area (Å²) < 4.78 is 7.74. The number of aliphatic hydroxyl groups is 1. The first-order valence-electron chi connectivity index (χ1n) is 7.30. The second-order valence-electron chi connectivity index (χ2n) is 6.12. The van der Waals surface area contributed by atoms with Gasteiger partial charge in [-0.3, -0.25) is 0 Å². The van der Waals surface area contributed by atoms with Crippen LogP contribution in [0.3, 0.4) is 0 Å². The summed E-state index contributed by atoms with van der Waals surface area (Å²) in [6, 6.07) is 4.18. The average Bonchev–Trinajstić information content (AvgIpc) is 2.38. The molecule has 0 aliphatic heterocycles. The third kappa shape index (κ3) is 7.63. The van der Waals surface area contributed by atoms with E-state index in [1.807, 2.05) is 0 Å². The zero-order valence-electron chi connectivity index (χ0n) is 13.0. The highest BCUT2D eigenvalue weighted by molar-refractivity contribution is 9.11. The molecule has 2 N–H and O–H groups in total. The Bertz CT molecular complexity index is 421. The van der Waals surface area contributed by atoms with Gasteiger partial charge in [-0.15, -0.1) is 0 Å². The molecule has 1 aromatic carbocycles. The highest BCUT2D eigenvalue weighted by Crippen LogP contribution is 2.35. The van der Waals surface area contributed by atoms with E-state index in [-0.39, 0.29) is 12.1 Å². The van der Waals surface area contributed by atoms with Crippen LogP contribution in [0.25, 0.3) is 0 Å². The van der Waals surface area contributed by atoms with Crippen LogP contribution < -0.4 is 10.1 Å². The van der Waals surface area contributed by atoms with Crippen molar-refractivity contribution in [1.82, 2.24) is 5.32 Å². The zero-order chi connectivity index (χ0) is 15.9. The number of unbranched alkanes of at least 4 members (excludes halogenated alkanes) is 2. The van der Waals surface area contributed by atoms with Gasteiger partial charge in [0.05, 0.1) is 15.6 Å². The summed E-state index contributed by atoms with van der Waals surface area (Å²) in [6.07, 6.45) is 2.77. The van der Waals surface area contributed by atoms with E-state index in [1.54, 1.807) is 0 Å². The molecule has 0 saturated carbocycles. The highest BCUT2D eigenvalue weighted by atomic mass is 79.9. The lowest BCUT2D eigenvalue weighted by Gasteiger charge is -2.21. The lowest BCUT2D eigenvalue weighted by molar-refractivity contribution is 0.265. The molecule has 3 nitrogen and oxygen atoms in total. The second kappa shape index (κ2) is 9.13. The molecular weight excluding hydrogens is 398 g/mol. The van der Waals surface area contributed by atoms with Gasteiger partial charge < -0.3 is 15.2 Å². The third-order valence-corrected chi connectivity index (χ3v) is 4.11. The summed E-state index contributed by atoms with van der Waals surface area (Å²) in [6.45, 7) is 8.19. The van der Waals surface area contributed by atoms with Gasteiger partial charge in [-0.2, -0.15) is 0 Å². The van der Waals surface area contributed by atoms with Crippen molar-refractivity contribution in [3.8, 4) is 5.75 Å². The first-order chi connectivity index (χ1) is 9.83. The Morgan fingerprint density at radius 3 is 2.24 bits per heavy atom. The molecule has 0 aliphatic carbocycles. The summed E-state index contributed by atoms with van der Waals surface area (Å²) in [7, 11) is 0. The summed E-state index contributed by atoms with van der Waals surface area (Å²) in [4.78, 5) is 0. The zero-order valence-corrected chi connectivity index (χ0v) is 16.2. The molecule has 0 heterocycles.